The quantitative estimate of drug-likeness (QED) is 0.243. The van der Waals surface area contributed by atoms with Crippen LogP contribution < -0.4 is 0 Å². The predicted molar refractivity (Wildman–Crippen MR) is 117 cm³/mol. The molecule has 134 valence electrons. The third-order valence-electron chi connectivity index (χ3n) is 4.99. The van der Waals surface area contributed by atoms with E-state index in [0.29, 0.717) is 5.56 Å². The van der Waals surface area contributed by atoms with Gasteiger partial charge in [-0.3, -0.25) is 10.1 Å². The minimum absolute atomic E-state index is 0.129. The SMILES string of the molecule is O=[N+]([O-])c1cc(-c2ccccc2)ccc1-c1cccc2sc3ccccc3c12. The molecule has 0 saturated heterocycles. The molecule has 0 aliphatic carbocycles. The summed E-state index contributed by atoms with van der Waals surface area (Å²) in [6, 6.07) is 29.5. The Hall–Kier alpha value is -3.50. The zero-order valence-corrected chi connectivity index (χ0v) is 15.6. The molecule has 0 N–H and O–H groups in total. The molecule has 1 heterocycles. The summed E-state index contributed by atoms with van der Waals surface area (Å²) in [5.74, 6) is 0. The highest BCUT2D eigenvalue weighted by Crippen LogP contribution is 2.43. The average Bonchev–Trinajstić information content (AvgIpc) is 3.13. The summed E-state index contributed by atoms with van der Waals surface area (Å²) in [5, 5.41) is 14.1. The van der Waals surface area contributed by atoms with Gasteiger partial charge in [0.2, 0.25) is 0 Å². The van der Waals surface area contributed by atoms with Crippen LogP contribution >= 0.6 is 11.3 Å². The summed E-state index contributed by atoms with van der Waals surface area (Å²) in [4.78, 5) is 11.6. The standard InChI is InChI=1S/C24H15NO2S/c26-25(27)21-15-17(16-7-2-1-3-8-16)13-14-18(21)19-10-6-12-23-24(19)20-9-4-5-11-22(20)28-23/h1-15H. The molecule has 28 heavy (non-hydrogen) atoms. The molecule has 0 bridgehead atoms. The number of nitro benzene ring substituents is 1. The lowest BCUT2D eigenvalue weighted by molar-refractivity contribution is -0.384. The van der Waals surface area contributed by atoms with Crippen LogP contribution in [0.4, 0.5) is 5.69 Å². The first kappa shape index (κ1) is 16.7. The van der Waals surface area contributed by atoms with Gasteiger partial charge >= 0.3 is 0 Å². The second-order valence-corrected chi connectivity index (χ2v) is 7.72. The van der Waals surface area contributed by atoms with Gasteiger partial charge in [0.1, 0.15) is 0 Å². The first-order chi connectivity index (χ1) is 13.7. The van der Waals surface area contributed by atoms with Crippen LogP contribution in [0.25, 0.3) is 42.4 Å². The molecule has 0 saturated carbocycles. The van der Waals surface area contributed by atoms with Crippen molar-refractivity contribution >= 4 is 37.2 Å². The molecule has 0 unspecified atom stereocenters. The van der Waals surface area contributed by atoms with Crippen molar-refractivity contribution in [3.63, 3.8) is 0 Å². The van der Waals surface area contributed by atoms with E-state index in [0.717, 1.165) is 32.2 Å². The zero-order valence-electron chi connectivity index (χ0n) is 14.8. The van der Waals surface area contributed by atoms with Gasteiger partial charge in [-0.15, -0.1) is 11.3 Å². The van der Waals surface area contributed by atoms with Crippen LogP contribution in [0, 0.1) is 10.1 Å². The molecule has 0 amide bonds. The van der Waals surface area contributed by atoms with Crippen molar-refractivity contribution in [1.82, 2.24) is 0 Å². The smallest absolute Gasteiger partial charge is 0.258 e. The zero-order chi connectivity index (χ0) is 19.1. The fourth-order valence-corrected chi connectivity index (χ4v) is 4.85. The lowest BCUT2D eigenvalue weighted by Crippen LogP contribution is -1.93. The number of fused-ring (bicyclic) bond motifs is 3. The largest absolute Gasteiger partial charge is 0.277 e. The normalized spacial score (nSPS) is 11.1. The van der Waals surface area contributed by atoms with Crippen LogP contribution in [0.15, 0.2) is 91.0 Å². The first-order valence-electron chi connectivity index (χ1n) is 8.97. The van der Waals surface area contributed by atoms with Crippen LogP contribution in [0.3, 0.4) is 0 Å². The van der Waals surface area contributed by atoms with Crippen molar-refractivity contribution in [3.8, 4) is 22.3 Å². The summed E-state index contributed by atoms with van der Waals surface area (Å²) in [7, 11) is 0. The Kier molecular flexibility index (Phi) is 3.92. The van der Waals surface area contributed by atoms with Crippen molar-refractivity contribution in [2.45, 2.75) is 0 Å². The third kappa shape index (κ3) is 2.66. The molecule has 0 spiro atoms. The maximum Gasteiger partial charge on any atom is 0.277 e. The van der Waals surface area contributed by atoms with Crippen LogP contribution in [0.2, 0.25) is 0 Å². The van der Waals surface area contributed by atoms with Gasteiger partial charge in [0.25, 0.3) is 5.69 Å². The Bertz CT molecular complexity index is 1340. The Morgan fingerprint density at radius 2 is 1.43 bits per heavy atom. The maximum absolute atomic E-state index is 11.9. The predicted octanol–water partition coefficient (Wildman–Crippen LogP) is 7.30. The minimum atomic E-state index is -0.283. The Balaban J connectivity index is 1.79. The molecular formula is C24H15NO2S. The molecule has 0 aliphatic heterocycles. The number of hydrogen-bond acceptors (Lipinski definition) is 3. The molecule has 0 atom stereocenters. The summed E-state index contributed by atoms with van der Waals surface area (Å²) >= 11 is 1.71. The molecule has 0 fully saturated rings. The highest BCUT2D eigenvalue weighted by atomic mass is 32.1. The highest BCUT2D eigenvalue weighted by Gasteiger charge is 2.20. The molecule has 4 heteroatoms. The van der Waals surface area contributed by atoms with Crippen LogP contribution in [0.1, 0.15) is 0 Å². The highest BCUT2D eigenvalue weighted by molar-refractivity contribution is 7.25. The third-order valence-corrected chi connectivity index (χ3v) is 6.13. The Morgan fingerprint density at radius 1 is 0.679 bits per heavy atom. The molecule has 5 aromatic rings. The van der Waals surface area contributed by atoms with Gasteiger partial charge in [0, 0.05) is 26.2 Å². The monoisotopic (exact) mass is 381 g/mol. The fourth-order valence-electron chi connectivity index (χ4n) is 3.72. The average molecular weight is 381 g/mol. The van der Waals surface area contributed by atoms with Crippen LogP contribution in [0.5, 0.6) is 0 Å². The molecule has 4 aromatic carbocycles. The van der Waals surface area contributed by atoms with Crippen molar-refractivity contribution in [2.24, 2.45) is 0 Å². The van der Waals surface area contributed by atoms with Gasteiger partial charge in [-0.2, -0.15) is 0 Å². The van der Waals surface area contributed by atoms with Crippen molar-refractivity contribution < 1.29 is 4.92 Å². The van der Waals surface area contributed by atoms with E-state index >= 15 is 0 Å². The second-order valence-electron chi connectivity index (χ2n) is 6.63. The van der Waals surface area contributed by atoms with E-state index in [9.17, 15) is 10.1 Å². The van der Waals surface area contributed by atoms with Gasteiger partial charge in [0.05, 0.1) is 10.5 Å². The molecule has 5 rings (SSSR count). The Morgan fingerprint density at radius 3 is 2.25 bits per heavy atom. The van der Waals surface area contributed by atoms with E-state index in [4.69, 9.17) is 0 Å². The van der Waals surface area contributed by atoms with E-state index in [1.165, 1.54) is 4.70 Å². The first-order valence-corrected chi connectivity index (χ1v) is 9.78. The van der Waals surface area contributed by atoms with Gasteiger partial charge in [-0.05, 0) is 34.9 Å². The number of rotatable bonds is 3. The van der Waals surface area contributed by atoms with Gasteiger partial charge < -0.3 is 0 Å². The lowest BCUT2D eigenvalue weighted by Gasteiger charge is -2.08. The lowest BCUT2D eigenvalue weighted by atomic mass is 9.95. The van der Waals surface area contributed by atoms with E-state index in [-0.39, 0.29) is 10.6 Å². The number of nitro groups is 1. The van der Waals surface area contributed by atoms with Crippen molar-refractivity contribution in [1.29, 1.82) is 0 Å². The molecule has 3 nitrogen and oxygen atoms in total. The number of benzene rings is 4. The molecule has 1 aromatic heterocycles. The van der Waals surface area contributed by atoms with Gasteiger partial charge in [0.15, 0.2) is 0 Å². The van der Waals surface area contributed by atoms with Gasteiger partial charge in [-0.25, -0.2) is 0 Å². The van der Waals surface area contributed by atoms with Crippen LogP contribution in [-0.2, 0) is 0 Å². The molecular weight excluding hydrogens is 366 g/mol. The van der Waals surface area contributed by atoms with E-state index in [1.54, 1.807) is 17.4 Å². The van der Waals surface area contributed by atoms with Crippen molar-refractivity contribution in [2.75, 3.05) is 0 Å². The maximum atomic E-state index is 11.9. The number of hydrogen-bond donors (Lipinski definition) is 0. The topological polar surface area (TPSA) is 43.1 Å². The van der Waals surface area contributed by atoms with Gasteiger partial charge in [-0.1, -0.05) is 66.7 Å². The number of thiophene rings is 1. The van der Waals surface area contributed by atoms with E-state index in [1.807, 2.05) is 66.7 Å². The van der Waals surface area contributed by atoms with Crippen LogP contribution in [-0.4, -0.2) is 4.92 Å². The fraction of sp³-hybridized carbons (Fsp3) is 0. The molecule has 0 radical (unpaired) electrons. The summed E-state index contributed by atoms with van der Waals surface area (Å²) in [6.45, 7) is 0. The van der Waals surface area contributed by atoms with Crippen molar-refractivity contribution in [3.05, 3.63) is 101 Å². The summed E-state index contributed by atoms with van der Waals surface area (Å²) in [6.07, 6.45) is 0. The van der Waals surface area contributed by atoms with E-state index in [2.05, 4.69) is 18.2 Å². The minimum Gasteiger partial charge on any atom is -0.258 e. The molecule has 0 aliphatic rings. The van der Waals surface area contributed by atoms with E-state index < -0.39 is 0 Å². The second kappa shape index (κ2) is 6.59. The Labute approximate surface area is 165 Å². The summed E-state index contributed by atoms with van der Waals surface area (Å²) in [5.41, 5.74) is 3.50. The summed E-state index contributed by atoms with van der Waals surface area (Å²) < 4.78 is 2.33. The number of nitrogens with zero attached hydrogens (tertiary/aromatic N) is 1.